The van der Waals surface area contributed by atoms with Gasteiger partial charge in [0.15, 0.2) is 0 Å². The van der Waals surface area contributed by atoms with Crippen LogP contribution in [0.1, 0.15) is 26.2 Å². The van der Waals surface area contributed by atoms with E-state index in [2.05, 4.69) is 22.5 Å². The first-order chi connectivity index (χ1) is 10.0. The molecule has 7 heteroatoms. The van der Waals surface area contributed by atoms with Gasteiger partial charge in [0.05, 0.1) is 0 Å². The highest BCUT2D eigenvalue weighted by Crippen LogP contribution is 2.09. The van der Waals surface area contributed by atoms with Crippen LogP contribution in [0.5, 0.6) is 0 Å². The van der Waals surface area contributed by atoms with Gasteiger partial charge >= 0.3 is 12.0 Å². The second-order valence-corrected chi connectivity index (χ2v) is 5.64. The van der Waals surface area contributed by atoms with Crippen LogP contribution in [-0.4, -0.2) is 67.9 Å². The molecule has 0 spiro atoms. The molecule has 1 heterocycles. The molecule has 122 valence electrons. The summed E-state index contributed by atoms with van der Waals surface area (Å²) in [5, 5.41) is 14.2. The van der Waals surface area contributed by atoms with Gasteiger partial charge in [-0.1, -0.05) is 6.92 Å². The first-order valence-corrected chi connectivity index (χ1v) is 7.51. The molecule has 1 aliphatic heterocycles. The van der Waals surface area contributed by atoms with Crippen molar-refractivity contribution in [1.82, 2.24) is 15.5 Å². The van der Waals surface area contributed by atoms with Gasteiger partial charge in [-0.05, 0) is 31.8 Å². The molecule has 0 radical (unpaired) electrons. The van der Waals surface area contributed by atoms with Crippen LogP contribution in [0.15, 0.2) is 0 Å². The van der Waals surface area contributed by atoms with Gasteiger partial charge in [-0.3, -0.25) is 0 Å². The third-order valence-electron chi connectivity index (χ3n) is 3.59. The number of carbonyl (C=O) groups is 2. The van der Waals surface area contributed by atoms with Gasteiger partial charge in [-0.25, -0.2) is 9.59 Å². The smallest absolute Gasteiger partial charge is 0.326 e. The number of methoxy groups -OCH3 is 1. The average Bonchev–Trinajstić information content (AvgIpc) is 2.93. The Labute approximate surface area is 126 Å². The summed E-state index contributed by atoms with van der Waals surface area (Å²) < 4.78 is 4.84. The third kappa shape index (κ3) is 7.29. The van der Waals surface area contributed by atoms with Crippen LogP contribution in [0.25, 0.3) is 0 Å². The molecule has 2 atom stereocenters. The minimum Gasteiger partial charge on any atom is -0.480 e. The monoisotopic (exact) mass is 301 g/mol. The second-order valence-electron chi connectivity index (χ2n) is 5.64. The van der Waals surface area contributed by atoms with Crippen LogP contribution < -0.4 is 10.6 Å². The number of nitrogens with one attached hydrogen (secondary N) is 2. The van der Waals surface area contributed by atoms with E-state index in [1.54, 1.807) is 0 Å². The minimum atomic E-state index is -1.05. The van der Waals surface area contributed by atoms with E-state index >= 15 is 0 Å². The fourth-order valence-corrected chi connectivity index (χ4v) is 2.44. The van der Waals surface area contributed by atoms with E-state index in [9.17, 15) is 9.59 Å². The predicted molar refractivity (Wildman–Crippen MR) is 79.3 cm³/mol. The molecule has 7 nitrogen and oxygen atoms in total. The summed E-state index contributed by atoms with van der Waals surface area (Å²) in [6.07, 6.45) is 2.75. The van der Waals surface area contributed by atoms with Crippen molar-refractivity contribution in [2.45, 2.75) is 32.2 Å². The molecule has 0 aromatic carbocycles. The molecule has 1 saturated heterocycles. The summed E-state index contributed by atoms with van der Waals surface area (Å²) in [4.78, 5) is 25.1. The summed E-state index contributed by atoms with van der Waals surface area (Å²) in [6, 6.07) is -1.36. The molecule has 0 bridgehead atoms. The zero-order valence-corrected chi connectivity index (χ0v) is 12.9. The molecule has 3 N–H and O–H groups in total. The highest BCUT2D eigenvalue weighted by Gasteiger charge is 2.20. The van der Waals surface area contributed by atoms with Crippen molar-refractivity contribution in [3.8, 4) is 0 Å². The van der Waals surface area contributed by atoms with Crippen LogP contribution in [0.2, 0.25) is 0 Å². The van der Waals surface area contributed by atoms with Crippen molar-refractivity contribution in [1.29, 1.82) is 0 Å². The third-order valence-corrected chi connectivity index (χ3v) is 3.59. The molecule has 0 saturated carbocycles. The fraction of sp³-hybridized carbons (Fsp3) is 0.857. The number of likely N-dealkylation sites (tertiary alicyclic amines) is 1. The van der Waals surface area contributed by atoms with Crippen molar-refractivity contribution in [2.24, 2.45) is 5.92 Å². The number of ether oxygens (including phenoxy) is 1. The Morgan fingerprint density at radius 2 is 2.00 bits per heavy atom. The Morgan fingerprint density at radius 1 is 1.33 bits per heavy atom. The number of carbonyl (C=O) groups excluding carboxylic acids is 1. The molecular formula is C14H27N3O4. The van der Waals surface area contributed by atoms with Crippen molar-refractivity contribution >= 4 is 12.0 Å². The van der Waals surface area contributed by atoms with Crippen LogP contribution in [-0.2, 0) is 9.53 Å². The van der Waals surface area contributed by atoms with E-state index in [1.807, 2.05) is 0 Å². The van der Waals surface area contributed by atoms with E-state index in [4.69, 9.17) is 9.84 Å². The van der Waals surface area contributed by atoms with Gasteiger partial charge in [0.25, 0.3) is 0 Å². The first kappa shape index (κ1) is 17.7. The normalized spacial score (nSPS) is 18.2. The quantitative estimate of drug-likeness (QED) is 0.577. The molecular weight excluding hydrogens is 274 g/mol. The highest BCUT2D eigenvalue weighted by atomic mass is 16.5. The van der Waals surface area contributed by atoms with E-state index in [0.29, 0.717) is 19.1 Å². The fourth-order valence-electron chi connectivity index (χ4n) is 2.44. The molecule has 0 aliphatic carbocycles. The number of hydrogen-bond donors (Lipinski definition) is 3. The number of carboxylic acids is 1. The molecule has 1 rings (SSSR count). The molecule has 2 unspecified atom stereocenters. The maximum Gasteiger partial charge on any atom is 0.326 e. The predicted octanol–water partition coefficient (Wildman–Crippen LogP) is 0.507. The summed E-state index contributed by atoms with van der Waals surface area (Å²) in [5.74, 6) is -0.705. The number of hydrogen-bond acceptors (Lipinski definition) is 4. The lowest BCUT2D eigenvalue weighted by atomic mass is 10.1. The number of aliphatic carboxylic acids is 1. The maximum atomic E-state index is 11.7. The number of urea groups is 1. The van der Waals surface area contributed by atoms with E-state index in [-0.39, 0.29) is 6.42 Å². The molecule has 0 aromatic heterocycles. The van der Waals surface area contributed by atoms with Gasteiger partial charge in [-0.15, -0.1) is 0 Å². The number of amides is 2. The topological polar surface area (TPSA) is 90.9 Å². The summed E-state index contributed by atoms with van der Waals surface area (Å²) in [6.45, 7) is 6.15. The van der Waals surface area contributed by atoms with Gasteiger partial charge < -0.3 is 25.4 Å². The average molecular weight is 301 g/mol. The SMILES string of the molecule is COCCC(NC(=O)NCC(C)CN1CCCC1)C(=O)O. The lowest BCUT2D eigenvalue weighted by molar-refractivity contribution is -0.139. The Balaban J connectivity index is 2.22. The molecule has 0 aromatic rings. The van der Waals surface area contributed by atoms with Crippen molar-refractivity contribution in [3.63, 3.8) is 0 Å². The van der Waals surface area contributed by atoms with Crippen LogP contribution >= 0.6 is 0 Å². The lowest BCUT2D eigenvalue weighted by Gasteiger charge is -2.21. The van der Waals surface area contributed by atoms with Gasteiger partial charge in [0, 0.05) is 33.2 Å². The summed E-state index contributed by atoms with van der Waals surface area (Å²) >= 11 is 0. The van der Waals surface area contributed by atoms with Crippen LogP contribution in [0, 0.1) is 5.92 Å². The summed E-state index contributed by atoms with van der Waals surface area (Å²) in [7, 11) is 1.50. The number of carboxylic acid groups (broad SMARTS) is 1. The number of rotatable bonds is 9. The van der Waals surface area contributed by atoms with Gasteiger partial charge in [-0.2, -0.15) is 0 Å². The molecule has 21 heavy (non-hydrogen) atoms. The zero-order chi connectivity index (χ0) is 15.7. The van der Waals surface area contributed by atoms with E-state index in [1.165, 1.54) is 20.0 Å². The van der Waals surface area contributed by atoms with E-state index in [0.717, 1.165) is 19.6 Å². The maximum absolute atomic E-state index is 11.7. The Morgan fingerprint density at radius 3 is 2.57 bits per heavy atom. The Hall–Kier alpha value is -1.34. The second kappa shape index (κ2) is 9.57. The molecule has 2 amide bonds. The van der Waals surface area contributed by atoms with Crippen molar-refractivity contribution in [2.75, 3.05) is 39.9 Å². The van der Waals surface area contributed by atoms with Crippen LogP contribution in [0.4, 0.5) is 4.79 Å². The van der Waals surface area contributed by atoms with Gasteiger partial charge in [0.2, 0.25) is 0 Å². The Bertz CT molecular complexity index is 332. The first-order valence-electron chi connectivity index (χ1n) is 7.51. The van der Waals surface area contributed by atoms with Crippen molar-refractivity contribution < 1.29 is 19.4 Å². The number of nitrogens with zero attached hydrogens (tertiary/aromatic N) is 1. The zero-order valence-electron chi connectivity index (χ0n) is 12.9. The minimum absolute atomic E-state index is 0.253. The molecule has 1 fully saturated rings. The Kier molecular flexibility index (Phi) is 8.07. The van der Waals surface area contributed by atoms with Gasteiger partial charge in [0.1, 0.15) is 6.04 Å². The highest BCUT2D eigenvalue weighted by molar-refractivity contribution is 5.82. The van der Waals surface area contributed by atoms with Crippen LogP contribution in [0.3, 0.4) is 0 Å². The van der Waals surface area contributed by atoms with E-state index < -0.39 is 18.0 Å². The standard InChI is InChI=1S/C14H27N3O4/c1-11(10-17-6-3-4-7-17)9-15-14(20)16-12(13(18)19)5-8-21-2/h11-12H,3-10H2,1-2H3,(H,18,19)(H2,15,16,20). The molecule has 1 aliphatic rings. The lowest BCUT2D eigenvalue weighted by Crippen LogP contribution is -2.47. The summed E-state index contributed by atoms with van der Waals surface area (Å²) in [5.41, 5.74) is 0. The van der Waals surface area contributed by atoms with Crippen molar-refractivity contribution in [3.05, 3.63) is 0 Å². The largest absolute Gasteiger partial charge is 0.480 e.